The molecule has 0 spiro atoms. The SMILES string of the molecule is CN1CCN(Cc2ccc(OCc3cc4cnc(C#N)nc4n3-c3ccccc3)cc2)CC1. The van der Waals surface area contributed by atoms with E-state index < -0.39 is 0 Å². The summed E-state index contributed by atoms with van der Waals surface area (Å²) in [5, 5.41) is 10.1. The average molecular weight is 439 g/mol. The van der Waals surface area contributed by atoms with E-state index in [2.05, 4.69) is 38.9 Å². The molecule has 166 valence electrons. The Balaban J connectivity index is 1.34. The monoisotopic (exact) mass is 438 g/mol. The molecule has 0 bridgehead atoms. The van der Waals surface area contributed by atoms with Crippen molar-refractivity contribution in [3.8, 4) is 17.5 Å². The highest BCUT2D eigenvalue weighted by molar-refractivity contribution is 5.79. The highest BCUT2D eigenvalue weighted by Crippen LogP contribution is 2.24. The molecular formula is C26H26N6O. The Bertz CT molecular complexity index is 1270. The molecule has 0 unspecified atom stereocenters. The molecule has 0 aliphatic carbocycles. The van der Waals surface area contributed by atoms with Gasteiger partial charge in [0.1, 0.15) is 24.1 Å². The summed E-state index contributed by atoms with van der Waals surface area (Å²) in [5.41, 5.74) is 3.91. The summed E-state index contributed by atoms with van der Waals surface area (Å²) in [6.45, 7) is 5.80. The minimum absolute atomic E-state index is 0.154. The lowest BCUT2D eigenvalue weighted by molar-refractivity contribution is 0.148. The number of para-hydroxylation sites is 1. The molecule has 0 saturated carbocycles. The summed E-state index contributed by atoms with van der Waals surface area (Å²) in [5.74, 6) is 0.979. The zero-order chi connectivity index (χ0) is 22.6. The van der Waals surface area contributed by atoms with Crippen LogP contribution in [0.4, 0.5) is 0 Å². The molecule has 3 heterocycles. The normalized spacial score (nSPS) is 14.9. The van der Waals surface area contributed by atoms with Gasteiger partial charge in [0.25, 0.3) is 0 Å². The minimum atomic E-state index is 0.154. The van der Waals surface area contributed by atoms with Crippen LogP contribution in [0.15, 0.2) is 66.9 Å². The zero-order valence-electron chi connectivity index (χ0n) is 18.7. The lowest BCUT2D eigenvalue weighted by atomic mass is 10.2. The number of aromatic nitrogens is 3. The Hall–Kier alpha value is -3.73. The second-order valence-electron chi connectivity index (χ2n) is 8.40. The predicted octanol–water partition coefficient (Wildman–Crippen LogP) is 3.62. The predicted molar refractivity (Wildman–Crippen MR) is 127 cm³/mol. The van der Waals surface area contributed by atoms with Gasteiger partial charge >= 0.3 is 0 Å². The van der Waals surface area contributed by atoms with Crippen molar-refractivity contribution in [2.75, 3.05) is 33.2 Å². The molecular weight excluding hydrogens is 412 g/mol. The van der Waals surface area contributed by atoms with Crippen LogP contribution in [0.25, 0.3) is 16.7 Å². The molecule has 2 aromatic carbocycles. The Morgan fingerprint density at radius 2 is 1.76 bits per heavy atom. The van der Waals surface area contributed by atoms with E-state index in [4.69, 9.17) is 4.74 Å². The zero-order valence-corrected chi connectivity index (χ0v) is 18.7. The fourth-order valence-corrected chi connectivity index (χ4v) is 4.18. The van der Waals surface area contributed by atoms with Crippen LogP contribution in [-0.2, 0) is 13.2 Å². The second kappa shape index (κ2) is 9.41. The van der Waals surface area contributed by atoms with Crippen LogP contribution in [0.3, 0.4) is 0 Å². The highest BCUT2D eigenvalue weighted by Gasteiger charge is 2.15. The molecule has 4 aromatic rings. The van der Waals surface area contributed by atoms with Gasteiger partial charge in [0, 0.05) is 50.0 Å². The smallest absolute Gasteiger partial charge is 0.234 e. The molecule has 2 aromatic heterocycles. The van der Waals surface area contributed by atoms with E-state index in [1.807, 2.05) is 59.2 Å². The average Bonchev–Trinajstić information content (AvgIpc) is 3.23. The van der Waals surface area contributed by atoms with Gasteiger partial charge in [-0.2, -0.15) is 5.26 Å². The first kappa shape index (κ1) is 21.1. The summed E-state index contributed by atoms with van der Waals surface area (Å²) in [6.07, 6.45) is 1.69. The van der Waals surface area contributed by atoms with E-state index in [0.29, 0.717) is 12.3 Å². The third kappa shape index (κ3) is 4.72. The van der Waals surface area contributed by atoms with Gasteiger partial charge in [-0.15, -0.1) is 0 Å². The third-order valence-corrected chi connectivity index (χ3v) is 6.04. The number of piperazine rings is 1. The van der Waals surface area contributed by atoms with E-state index >= 15 is 0 Å². The molecule has 1 aliphatic heterocycles. The van der Waals surface area contributed by atoms with Crippen LogP contribution in [0.5, 0.6) is 5.75 Å². The topological polar surface area (TPSA) is 70.2 Å². The summed E-state index contributed by atoms with van der Waals surface area (Å²) in [6, 6.07) is 22.4. The van der Waals surface area contributed by atoms with Crippen LogP contribution in [0.1, 0.15) is 17.1 Å². The van der Waals surface area contributed by atoms with Crippen LogP contribution < -0.4 is 4.74 Å². The van der Waals surface area contributed by atoms with Gasteiger partial charge in [-0.1, -0.05) is 30.3 Å². The first-order valence-corrected chi connectivity index (χ1v) is 11.1. The first-order chi connectivity index (χ1) is 16.2. The quantitative estimate of drug-likeness (QED) is 0.458. The van der Waals surface area contributed by atoms with Crippen molar-refractivity contribution < 1.29 is 4.74 Å². The summed E-state index contributed by atoms with van der Waals surface area (Å²) in [7, 11) is 2.18. The number of benzene rings is 2. The van der Waals surface area contributed by atoms with Gasteiger partial charge in [0.15, 0.2) is 0 Å². The van der Waals surface area contributed by atoms with Crippen molar-refractivity contribution in [2.24, 2.45) is 0 Å². The number of fused-ring (bicyclic) bond motifs is 1. The molecule has 0 amide bonds. The Labute approximate surface area is 193 Å². The van der Waals surface area contributed by atoms with E-state index in [1.165, 1.54) is 5.56 Å². The van der Waals surface area contributed by atoms with E-state index in [1.54, 1.807) is 6.20 Å². The fourth-order valence-electron chi connectivity index (χ4n) is 4.18. The number of likely N-dealkylation sites (N-methyl/N-ethyl adjacent to an activating group) is 1. The van der Waals surface area contributed by atoms with E-state index in [9.17, 15) is 5.26 Å². The van der Waals surface area contributed by atoms with Crippen molar-refractivity contribution in [3.63, 3.8) is 0 Å². The molecule has 0 atom stereocenters. The Kier molecular flexibility index (Phi) is 6.03. The van der Waals surface area contributed by atoms with Crippen LogP contribution >= 0.6 is 0 Å². The number of ether oxygens (including phenoxy) is 1. The fraction of sp³-hybridized carbons (Fsp3) is 0.269. The van der Waals surface area contributed by atoms with Gasteiger partial charge < -0.3 is 9.64 Å². The van der Waals surface area contributed by atoms with Gasteiger partial charge in [-0.3, -0.25) is 9.47 Å². The maximum Gasteiger partial charge on any atom is 0.234 e. The lowest BCUT2D eigenvalue weighted by Crippen LogP contribution is -2.43. The van der Waals surface area contributed by atoms with Gasteiger partial charge in [-0.25, -0.2) is 9.97 Å². The summed E-state index contributed by atoms with van der Waals surface area (Å²) >= 11 is 0. The number of nitrogens with zero attached hydrogens (tertiary/aromatic N) is 6. The Morgan fingerprint density at radius 3 is 2.48 bits per heavy atom. The highest BCUT2D eigenvalue weighted by atomic mass is 16.5. The van der Waals surface area contributed by atoms with Crippen LogP contribution in [0.2, 0.25) is 0 Å². The minimum Gasteiger partial charge on any atom is -0.487 e. The van der Waals surface area contributed by atoms with Crippen molar-refractivity contribution >= 4 is 11.0 Å². The van der Waals surface area contributed by atoms with Gasteiger partial charge in [0.05, 0.1) is 5.69 Å². The van der Waals surface area contributed by atoms with Gasteiger partial charge in [-0.05, 0) is 42.9 Å². The molecule has 5 rings (SSSR count). The molecule has 7 nitrogen and oxygen atoms in total. The van der Waals surface area contributed by atoms with E-state index in [0.717, 1.165) is 55.2 Å². The maximum absolute atomic E-state index is 9.24. The van der Waals surface area contributed by atoms with Crippen LogP contribution in [0, 0.1) is 11.3 Å². The third-order valence-electron chi connectivity index (χ3n) is 6.04. The maximum atomic E-state index is 9.24. The molecule has 7 heteroatoms. The van der Waals surface area contributed by atoms with Crippen molar-refractivity contribution in [3.05, 3.63) is 83.9 Å². The molecule has 1 fully saturated rings. The van der Waals surface area contributed by atoms with Crippen molar-refractivity contribution in [1.82, 2.24) is 24.3 Å². The summed E-state index contributed by atoms with van der Waals surface area (Å²) in [4.78, 5) is 13.4. The molecule has 33 heavy (non-hydrogen) atoms. The number of rotatable bonds is 6. The molecule has 1 saturated heterocycles. The second-order valence-corrected chi connectivity index (χ2v) is 8.40. The summed E-state index contributed by atoms with van der Waals surface area (Å²) < 4.78 is 8.17. The molecule has 1 aliphatic rings. The van der Waals surface area contributed by atoms with Crippen molar-refractivity contribution in [2.45, 2.75) is 13.2 Å². The van der Waals surface area contributed by atoms with E-state index in [-0.39, 0.29) is 5.82 Å². The van der Waals surface area contributed by atoms with Crippen molar-refractivity contribution in [1.29, 1.82) is 5.26 Å². The number of hydrogen-bond acceptors (Lipinski definition) is 6. The standard InChI is InChI=1S/C26H26N6O/c1-30-11-13-31(14-12-30)18-20-7-9-24(10-8-20)33-19-23-15-21-17-28-25(16-27)29-26(21)32(23)22-5-3-2-4-6-22/h2-10,15,17H,11-14,18-19H2,1H3. The molecule has 0 radical (unpaired) electrons. The largest absolute Gasteiger partial charge is 0.487 e. The number of hydrogen-bond donors (Lipinski definition) is 0. The molecule has 0 N–H and O–H groups in total. The lowest BCUT2D eigenvalue weighted by Gasteiger charge is -2.32. The number of nitriles is 1. The first-order valence-electron chi connectivity index (χ1n) is 11.1. The van der Waals surface area contributed by atoms with Crippen LogP contribution in [-0.4, -0.2) is 57.6 Å². The van der Waals surface area contributed by atoms with Gasteiger partial charge in [0.2, 0.25) is 5.82 Å². The Morgan fingerprint density at radius 1 is 1.00 bits per heavy atom.